The molecule has 0 spiro atoms. The van der Waals surface area contributed by atoms with Gasteiger partial charge in [-0.05, 0) is 52.0 Å². The molecule has 4 heteroatoms. The van der Waals surface area contributed by atoms with E-state index in [1.54, 1.807) is 12.1 Å². The highest BCUT2D eigenvalue weighted by Crippen LogP contribution is 2.21. The Morgan fingerprint density at radius 1 is 1.30 bits per heavy atom. The van der Waals surface area contributed by atoms with E-state index in [1.807, 2.05) is 6.07 Å². The molecule has 1 saturated heterocycles. The van der Waals surface area contributed by atoms with Crippen LogP contribution in [0, 0.1) is 11.7 Å². The van der Waals surface area contributed by atoms with Gasteiger partial charge in [-0.1, -0.05) is 18.2 Å². The zero-order valence-corrected chi connectivity index (χ0v) is 12.6. The number of halogens is 1. The van der Waals surface area contributed by atoms with Gasteiger partial charge in [0.05, 0.1) is 0 Å². The lowest BCUT2D eigenvalue weighted by Gasteiger charge is -2.34. The number of benzene rings is 1. The molecular weight excluding hydrogens is 253 g/mol. The van der Waals surface area contributed by atoms with E-state index in [1.165, 1.54) is 18.9 Å². The molecule has 3 nitrogen and oxygen atoms in total. The van der Waals surface area contributed by atoms with Crippen LogP contribution < -0.4 is 5.73 Å². The quantitative estimate of drug-likeness (QED) is 0.896. The first-order valence-electron chi connectivity index (χ1n) is 7.43. The normalized spacial score (nSPS) is 19.4. The molecule has 0 aromatic heterocycles. The fourth-order valence-corrected chi connectivity index (χ4v) is 3.02. The Kier molecular flexibility index (Phi) is 5.52. The first-order chi connectivity index (χ1) is 9.56. The number of rotatable bonds is 5. The molecule has 1 aliphatic heterocycles. The maximum atomic E-state index is 13.7. The summed E-state index contributed by atoms with van der Waals surface area (Å²) in [5, 5.41) is 0. The lowest BCUT2D eigenvalue weighted by atomic mass is 9.95. The van der Waals surface area contributed by atoms with Gasteiger partial charge in [-0.2, -0.15) is 0 Å². The van der Waals surface area contributed by atoms with Crippen molar-refractivity contribution in [2.75, 3.05) is 40.3 Å². The summed E-state index contributed by atoms with van der Waals surface area (Å²) in [6.45, 7) is 4.05. The highest BCUT2D eigenvalue weighted by atomic mass is 19.1. The van der Waals surface area contributed by atoms with Crippen LogP contribution in [0.5, 0.6) is 0 Å². The maximum absolute atomic E-state index is 13.7. The monoisotopic (exact) mass is 279 g/mol. The van der Waals surface area contributed by atoms with Crippen LogP contribution in [0.25, 0.3) is 0 Å². The van der Waals surface area contributed by atoms with E-state index in [2.05, 4.69) is 23.9 Å². The summed E-state index contributed by atoms with van der Waals surface area (Å²) in [6, 6.07) is 6.60. The fourth-order valence-electron chi connectivity index (χ4n) is 3.02. The SMILES string of the molecule is CN(C)CC1CCN(CC(N)c2ccccc2F)CC1. The van der Waals surface area contributed by atoms with E-state index in [0.717, 1.165) is 32.1 Å². The molecule has 0 amide bonds. The second-order valence-electron chi connectivity index (χ2n) is 6.13. The average molecular weight is 279 g/mol. The first-order valence-corrected chi connectivity index (χ1v) is 7.43. The van der Waals surface area contributed by atoms with Gasteiger partial charge >= 0.3 is 0 Å². The molecule has 20 heavy (non-hydrogen) atoms. The molecule has 1 aromatic rings. The number of nitrogens with zero attached hydrogens (tertiary/aromatic N) is 2. The van der Waals surface area contributed by atoms with Crippen molar-refractivity contribution >= 4 is 0 Å². The molecule has 0 aliphatic carbocycles. The van der Waals surface area contributed by atoms with Gasteiger partial charge in [-0.25, -0.2) is 4.39 Å². The molecule has 0 bridgehead atoms. The van der Waals surface area contributed by atoms with Gasteiger partial charge in [0, 0.05) is 24.7 Å². The Bertz CT molecular complexity index is 414. The number of hydrogen-bond donors (Lipinski definition) is 1. The summed E-state index contributed by atoms with van der Waals surface area (Å²) < 4.78 is 13.7. The molecule has 1 atom stereocenters. The number of nitrogens with two attached hydrogens (primary N) is 1. The summed E-state index contributed by atoms with van der Waals surface area (Å²) in [4.78, 5) is 4.62. The zero-order valence-electron chi connectivity index (χ0n) is 12.6. The molecule has 1 fully saturated rings. The van der Waals surface area contributed by atoms with Crippen LogP contribution in [0.3, 0.4) is 0 Å². The Morgan fingerprint density at radius 3 is 2.55 bits per heavy atom. The van der Waals surface area contributed by atoms with Crippen molar-refractivity contribution < 1.29 is 4.39 Å². The molecule has 1 heterocycles. The van der Waals surface area contributed by atoms with Gasteiger partial charge in [0.25, 0.3) is 0 Å². The second kappa shape index (κ2) is 7.16. The van der Waals surface area contributed by atoms with Gasteiger partial charge in [0.15, 0.2) is 0 Å². The highest BCUT2D eigenvalue weighted by Gasteiger charge is 2.22. The molecule has 1 unspecified atom stereocenters. The standard InChI is InChI=1S/C16H26FN3/c1-19(2)11-13-7-9-20(10-8-13)12-16(18)14-5-3-4-6-15(14)17/h3-6,13,16H,7-12,18H2,1-2H3. The molecule has 112 valence electrons. The predicted molar refractivity (Wildman–Crippen MR) is 81.0 cm³/mol. The van der Waals surface area contributed by atoms with Crippen LogP contribution in [0.15, 0.2) is 24.3 Å². The van der Waals surface area contributed by atoms with Gasteiger partial charge in [-0.15, -0.1) is 0 Å². The minimum atomic E-state index is -0.235. The fraction of sp³-hybridized carbons (Fsp3) is 0.625. The zero-order chi connectivity index (χ0) is 14.5. The van der Waals surface area contributed by atoms with Crippen molar-refractivity contribution in [1.29, 1.82) is 0 Å². The van der Waals surface area contributed by atoms with Crippen LogP contribution in [0.4, 0.5) is 4.39 Å². The van der Waals surface area contributed by atoms with Gasteiger partial charge in [-0.3, -0.25) is 0 Å². The van der Waals surface area contributed by atoms with Gasteiger partial charge in [0.2, 0.25) is 0 Å². The van der Waals surface area contributed by atoms with Crippen molar-refractivity contribution in [3.63, 3.8) is 0 Å². The molecule has 2 N–H and O–H groups in total. The van der Waals surface area contributed by atoms with E-state index in [-0.39, 0.29) is 11.9 Å². The van der Waals surface area contributed by atoms with Crippen molar-refractivity contribution in [2.45, 2.75) is 18.9 Å². The minimum Gasteiger partial charge on any atom is -0.323 e. The Labute approximate surface area is 121 Å². The first kappa shape index (κ1) is 15.4. The number of piperidine rings is 1. The molecule has 0 saturated carbocycles. The molecule has 0 radical (unpaired) electrons. The summed E-state index contributed by atoms with van der Waals surface area (Å²) in [5.74, 6) is 0.591. The largest absolute Gasteiger partial charge is 0.323 e. The average Bonchev–Trinajstić information content (AvgIpc) is 2.41. The summed E-state index contributed by atoms with van der Waals surface area (Å²) in [7, 11) is 4.25. The molecule has 1 aromatic carbocycles. The van der Waals surface area contributed by atoms with Gasteiger partial charge in [0.1, 0.15) is 5.82 Å². The number of likely N-dealkylation sites (tertiary alicyclic amines) is 1. The second-order valence-corrected chi connectivity index (χ2v) is 6.13. The number of hydrogen-bond acceptors (Lipinski definition) is 3. The molecule has 2 rings (SSSR count). The van der Waals surface area contributed by atoms with E-state index in [4.69, 9.17) is 5.73 Å². The van der Waals surface area contributed by atoms with Crippen LogP contribution in [0.2, 0.25) is 0 Å². The lowest BCUT2D eigenvalue weighted by molar-refractivity contribution is 0.155. The Balaban J connectivity index is 1.82. The minimum absolute atomic E-state index is 0.192. The summed E-state index contributed by atoms with van der Waals surface area (Å²) in [5.41, 5.74) is 6.78. The van der Waals surface area contributed by atoms with E-state index in [0.29, 0.717) is 5.56 Å². The van der Waals surface area contributed by atoms with Crippen LogP contribution in [0.1, 0.15) is 24.4 Å². The summed E-state index contributed by atoms with van der Waals surface area (Å²) >= 11 is 0. The third-order valence-electron chi connectivity index (χ3n) is 4.09. The van der Waals surface area contributed by atoms with Crippen molar-refractivity contribution in [3.8, 4) is 0 Å². The van der Waals surface area contributed by atoms with Crippen LogP contribution in [-0.4, -0.2) is 50.1 Å². The van der Waals surface area contributed by atoms with Crippen molar-refractivity contribution in [1.82, 2.24) is 9.80 Å². The summed E-state index contributed by atoms with van der Waals surface area (Å²) in [6.07, 6.45) is 2.42. The third-order valence-corrected chi connectivity index (χ3v) is 4.09. The van der Waals surface area contributed by atoms with Crippen molar-refractivity contribution in [2.24, 2.45) is 11.7 Å². The molecular formula is C16H26FN3. The predicted octanol–water partition coefficient (Wildman–Crippen LogP) is 2.10. The molecule has 1 aliphatic rings. The third kappa shape index (κ3) is 4.27. The smallest absolute Gasteiger partial charge is 0.128 e. The Hall–Kier alpha value is -0.970. The van der Waals surface area contributed by atoms with E-state index in [9.17, 15) is 4.39 Å². The van der Waals surface area contributed by atoms with E-state index < -0.39 is 0 Å². The van der Waals surface area contributed by atoms with Crippen molar-refractivity contribution in [3.05, 3.63) is 35.6 Å². The van der Waals surface area contributed by atoms with Crippen LogP contribution in [-0.2, 0) is 0 Å². The van der Waals surface area contributed by atoms with Gasteiger partial charge < -0.3 is 15.5 Å². The topological polar surface area (TPSA) is 32.5 Å². The highest BCUT2D eigenvalue weighted by molar-refractivity contribution is 5.21. The van der Waals surface area contributed by atoms with Crippen LogP contribution >= 0.6 is 0 Å². The Morgan fingerprint density at radius 2 is 1.95 bits per heavy atom. The maximum Gasteiger partial charge on any atom is 0.128 e. The lowest BCUT2D eigenvalue weighted by Crippen LogP contribution is -2.40. The van der Waals surface area contributed by atoms with E-state index >= 15 is 0 Å².